The van der Waals surface area contributed by atoms with Crippen LogP contribution in [0, 0.1) is 0 Å². The lowest BCUT2D eigenvalue weighted by molar-refractivity contribution is 0.0518. The van der Waals surface area contributed by atoms with Crippen LogP contribution in [0.2, 0.25) is 0 Å². The van der Waals surface area contributed by atoms with Gasteiger partial charge in [0.1, 0.15) is 11.4 Å². The number of aromatic nitrogens is 2. The Bertz CT molecular complexity index is 1310. The molecule has 0 N–H and O–H groups in total. The minimum absolute atomic E-state index is 0.104. The maximum atomic E-state index is 13.6. The summed E-state index contributed by atoms with van der Waals surface area (Å²) in [7, 11) is 1.61. The zero-order valence-corrected chi connectivity index (χ0v) is 19.5. The first-order valence-corrected chi connectivity index (χ1v) is 11.5. The van der Waals surface area contributed by atoms with Crippen LogP contribution in [-0.2, 0) is 6.54 Å². The Kier molecular flexibility index (Phi) is 6.34. The Hall–Kier alpha value is -4.33. The van der Waals surface area contributed by atoms with Crippen molar-refractivity contribution in [3.8, 4) is 17.0 Å². The fourth-order valence-corrected chi connectivity index (χ4v) is 4.25. The summed E-state index contributed by atoms with van der Waals surface area (Å²) in [6, 6.07) is 20.9. The summed E-state index contributed by atoms with van der Waals surface area (Å²) < 4.78 is 12.4. The van der Waals surface area contributed by atoms with Gasteiger partial charge in [0, 0.05) is 37.9 Å². The molecule has 1 aliphatic rings. The first-order valence-electron chi connectivity index (χ1n) is 11.5. The molecule has 8 heteroatoms. The third-order valence-corrected chi connectivity index (χ3v) is 6.11. The van der Waals surface area contributed by atoms with Gasteiger partial charge < -0.3 is 19.0 Å². The molecule has 0 spiro atoms. The number of hydrogen-bond acceptors (Lipinski definition) is 5. The van der Waals surface area contributed by atoms with Crippen molar-refractivity contribution in [1.82, 2.24) is 19.6 Å². The fraction of sp³-hybridized carbons (Fsp3) is 0.222. The zero-order valence-electron chi connectivity index (χ0n) is 19.5. The molecule has 1 aliphatic heterocycles. The van der Waals surface area contributed by atoms with E-state index in [0.29, 0.717) is 55.5 Å². The summed E-state index contributed by atoms with van der Waals surface area (Å²) in [4.78, 5) is 29.7. The molecule has 35 heavy (non-hydrogen) atoms. The van der Waals surface area contributed by atoms with E-state index in [4.69, 9.17) is 14.3 Å². The van der Waals surface area contributed by atoms with Crippen molar-refractivity contribution in [3.05, 3.63) is 96.1 Å². The van der Waals surface area contributed by atoms with E-state index >= 15 is 0 Å². The van der Waals surface area contributed by atoms with E-state index in [9.17, 15) is 9.59 Å². The first kappa shape index (κ1) is 22.5. The minimum Gasteiger partial charge on any atom is -0.497 e. The van der Waals surface area contributed by atoms with E-state index in [-0.39, 0.29) is 11.8 Å². The molecule has 178 valence electrons. The highest BCUT2D eigenvalue weighted by atomic mass is 16.5. The predicted molar refractivity (Wildman–Crippen MR) is 130 cm³/mol. The van der Waals surface area contributed by atoms with Gasteiger partial charge in [-0.25, -0.2) is 0 Å². The lowest BCUT2D eigenvalue weighted by Gasteiger charge is -2.34. The normalized spacial score (nSPS) is 13.6. The molecule has 3 heterocycles. The number of piperazine rings is 1. The molecule has 1 fully saturated rings. The van der Waals surface area contributed by atoms with Crippen molar-refractivity contribution < 1.29 is 18.7 Å². The van der Waals surface area contributed by atoms with E-state index in [2.05, 4.69) is 0 Å². The molecule has 0 bridgehead atoms. The number of carbonyl (C=O) groups excluding carboxylic acids is 2. The average molecular weight is 471 g/mol. The molecule has 0 unspecified atom stereocenters. The SMILES string of the molecule is COc1cccc(-c2nn(Cc3ccccc3)cc2C(=O)N2CCN(C(=O)c3ccco3)CC2)c1. The maximum absolute atomic E-state index is 13.6. The first-order chi connectivity index (χ1) is 17.1. The van der Waals surface area contributed by atoms with Gasteiger partial charge in [-0.05, 0) is 29.8 Å². The van der Waals surface area contributed by atoms with Crippen molar-refractivity contribution in [2.75, 3.05) is 33.3 Å². The Balaban J connectivity index is 1.39. The molecule has 8 nitrogen and oxygen atoms in total. The molecular formula is C27H26N4O4. The molecule has 0 radical (unpaired) electrons. The summed E-state index contributed by atoms with van der Waals surface area (Å²) in [5, 5.41) is 4.78. The van der Waals surface area contributed by atoms with Crippen LogP contribution in [-0.4, -0.2) is 64.7 Å². The van der Waals surface area contributed by atoms with Gasteiger partial charge in [-0.2, -0.15) is 5.10 Å². The number of benzene rings is 2. The second-order valence-electron chi connectivity index (χ2n) is 8.37. The third-order valence-electron chi connectivity index (χ3n) is 6.11. The molecule has 1 saturated heterocycles. The summed E-state index contributed by atoms with van der Waals surface area (Å²) in [5.74, 6) is 0.748. The molecule has 2 aromatic carbocycles. The lowest BCUT2D eigenvalue weighted by Crippen LogP contribution is -2.50. The van der Waals surface area contributed by atoms with Crippen molar-refractivity contribution in [3.63, 3.8) is 0 Å². The standard InChI is InChI=1S/C27H26N4O4/c1-34-22-10-5-9-21(17-22)25-23(19-31(28-25)18-20-7-3-2-4-8-20)26(32)29-12-14-30(15-13-29)27(33)24-11-6-16-35-24/h2-11,16-17,19H,12-15,18H2,1H3. The number of rotatable bonds is 6. The van der Waals surface area contributed by atoms with Crippen LogP contribution in [0.4, 0.5) is 0 Å². The predicted octanol–water partition coefficient (Wildman–Crippen LogP) is 3.80. The number of nitrogens with zero attached hydrogens (tertiary/aromatic N) is 4. The Morgan fingerprint density at radius 2 is 1.66 bits per heavy atom. The second-order valence-corrected chi connectivity index (χ2v) is 8.37. The van der Waals surface area contributed by atoms with E-state index in [1.807, 2.05) is 60.8 Å². The molecule has 4 aromatic rings. The molecular weight excluding hydrogens is 444 g/mol. The van der Waals surface area contributed by atoms with Crippen LogP contribution in [0.1, 0.15) is 26.5 Å². The summed E-state index contributed by atoms with van der Waals surface area (Å²) in [6.07, 6.45) is 3.30. The number of furan rings is 1. The van der Waals surface area contributed by atoms with E-state index in [1.165, 1.54) is 6.26 Å². The lowest BCUT2D eigenvalue weighted by atomic mass is 10.1. The summed E-state index contributed by atoms with van der Waals surface area (Å²) in [6.45, 7) is 2.31. The highest BCUT2D eigenvalue weighted by Crippen LogP contribution is 2.27. The van der Waals surface area contributed by atoms with Crippen LogP contribution < -0.4 is 4.74 Å². The molecule has 2 amide bonds. The van der Waals surface area contributed by atoms with Crippen LogP contribution in [0.15, 0.2) is 83.6 Å². The smallest absolute Gasteiger partial charge is 0.289 e. The van der Waals surface area contributed by atoms with Crippen LogP contribution in [0.3, 0.4) is 0 Å². The highest BCUT2D eigenvalue weighted by Gasteiger charge is 2.29. The van der Waals surface area contributed by atoms with Crippen LogP contribution >= 0.6 is 0 Å². The summed E-state index contributed by atoms with van der Waals surface area (Å²) in [5.41, 5.74) is 3.04. The zero-order chi connectivity index (χ0) is 24.2. The van der Waals surface area contributed by atoms with Gasteiger partial charge in [-0.3, -0.25) is 14.3 Å². The Morgan fingerprint density at radius 1 is 0.914 bits per heavy atom. The largest absolute Gasteiger partial charge is 0.497 e. The summed E-state index contributed by atoms with van der Waals surface area (Å²) >= 11 is 0. The van der Waals surface area contributed by atoms with Gasteiger partial charge in [-0.15, -0.1) is 0 Å². The van der Waals surface area contributed by atoms with Gasteiger partial charge in [0.2, 0.25) is 0 Å². The van der Waals surface area contributed by atoms with Gasteiger partial charge in [0.15, 0.2) is 5.76 Å². The molecule has 0 saturated carbocycles. The van der Waals surface area contributed by atoms with Gasteiger partial charge in [0.25, 0.3) is 11.8 Å². The Labute approximate surface area is 203 Å². The fourth-order valence-electron chi connectivity index (χ4n) is 4.25. The van der Waals surface area contributed by atoms with Crippen molar-refractivity contribution >= 4 is 11.8 Å². The van der Waals surface area contributed by atoms with Crippen molar-refractivity contribution in [1.29, 1.82) is 0 Å². The van der Waals surface area contributed by atoms with E-state index < -0.39 is 0 Å². The number of hydrogen-bond donors (Lipinski definition) is 0. The maximum Gasteiger partial charge on any atom is 0.289 e. The van der Waals surface area contributed by atoms with Crippen molar-refractivity contribution in [2.45, 2.75) is 6.54 Å². The molecule has 5 rings (SSSR count). The molecule has 0 atom stereocenters. The quantitative estimate of drug-likeness (QED) is 0.428. The van der Waals surface area contributed by atoms with Gasteiger partial charge >= 0.3 is 0 Å². The second kappa shape index (κ2) is 9.89. The number of ether oxygens (including phenoxy) is 1. The van der Waals surface area contributed by atoms with Crippen LogP contribution in [0.25, 0.3) is 11.3 Å². The number of amides is 2. The number of methoxy groups -OCH3 is 1. The highest BCUT2D eigenvalue weighted by molar-refractivity contribution is 6.00. The Morgan fingerprint density at radius 3 is 2.34 bits per heavy atom. The molecule has 0 aliphatic carbocycles. The topological polar surface area (TPSA) is 80.8 Å². The van der Waals surface area contributed by atoms with E-state index in [1.54, 1.807) is 33.7 Å². The van der Waals surface area contributed by atoms with Gasteiger partial charge in [-0.1, -0.05) is 42.5 Å². The number of carbonyl (C=O) groups is 2. The monoisotopic (exact) mass is 470 g/mol. The van der Waals surface area contributed by atoms with Crippen LogP contribution in [0.5, 0.6) is 5.75 Å². The molecule has 2 aromatic heterocycles. The minimum atomic E-state index is -0.158. The average Bonchev–Trinajstić information content (AvgIpc) is 3.59. The van der Waals surface area contributed by atoms with Gasteiger partial charge in [0.05, 0.1) is 25.5 Å². The third kappa shape index (κ3) is 4.82. The van der Waals surface area contributed by atoms with E-state index in [0.717, 1.165) is 11.1 Å². The van der Waals surface area contributed by atoms with Crippen molar-refractivity contribution in [2.24, 2.45) is 0 Å².